The van der Waals surface area contributed by atoms with E-state index < -0.39 is 49.2 Å². The normalized spacial score (nSPS) is 18.8. The van der Waals surface area contributed by atoms with Crippen molar-refractivity contribution < 1.29 is 29.7 Å². The van der Waals surface area contributed by atoms with E-state index in [1.807, 2.05) is 22.6 Å². The van der Waals surface area contributed by atoms with Crippen LogP contribution in [-0.2, 0) is 9.59 Å². The Balaban J connectivity index is 1.61. The number of carbonyl (C=O) groups excluding carboxylic acids is 2. The predicted molar refractivity (Wildman–Crippen MR) is 140 cm³/mol. The van der Waals surface area contributed by atoms with Crippen molar-refractivity contribution in [2.45, 2.75) is 24.9 Å². The van der Waals surface area contributed by atoms with Crippen LogP contribution in [0.2, 0.25) is 5.02 Å². The molecule has 9 N–H and O–H groups in total. The lowest BCUT2D eigenvalue weighted by atomic mass is 10.0. The number of rotatable bonds is 9. The van der Waals surface area contributed by atoms with Crippen LogP contribution in [-0.4, -0.2) is 70.1 Å². The molecule has 0 radical (unpaired) electrons. The van der Waals surface area contributed by atoms with Gasteiger partial charge in [0, 0.05) is 34.9 Å². The van der Waals surface area contributed by atoms with Gasteiger partial charge in [-0.25, -0.2) is 5.01 Å². The monoisotopic (exact) mass is 632 g/mol. The highest BCUT2D eigenvalue weighted by atomic mass is 127. The molecule has 2 unspecified atom stereocenters. The number of anilines is 1. The number of β-amino-alcohol motifs (C(OH)–C–C–N with tert-alkyl or cyclic N) is 1. The Morgan fingerprint density at radius 3 is 2.72 bits per heavy atom. The van der Waals surface area contributed by atoms with Crippen molar-refractivity contribution in [3.63, 3.8) is 0 Å². The molecule has 2 aromatic carbocycles. The number of aliphatic hydroxyl groups is 1. The lowest BCUT2D eigenvalue weighted by molar-refractivity contribution is -0.137. The summed E-state index contributed by atoms with van der Waals surface area (Å²) in [6.07, 6.45) is -1.53. The molecule has 12 nitrogen and oxygen atoms in total. The van der Waals surface area contributed by atoms with Gasteiger partial charge in [0.15, 0.2) is 0 Å². The van der Waals surface area contributed by atoms with Crippen molar-refractivity contribution in [1.82, 2.24) is 21.0 Å². The second-order valence-corrected chi connectivity index (χ2v) is 9.71. The summed E-state index contributed by atoms with van der Waals surface area (Å²) in [5.41, 5.74) is 1.02. The van der Waals surface area contributed by atoms with Crippen molar-refractivity contribution in [2.75, 3.05) is 25.0 Å². The average Bonchev–Trinajstić information content (AvgIpc) is 2.81. The molecule has 0 bridgehead atoms. The summed E-state index contributed by atoms with van der Waals surface area (Å²) < 4.78 is 0.402. The minimum atomic E-state index is -1.19. The third kappa shape index (κ3) is 7.65. The van der Waals surface area contributed by atoms with Crippen LogP contribution in [0.4, 0.5) is 5.69 Å². The molecule has 1 aliphatic rings. The number of aliphatic carboxylic acids is 1. The van der Waals surface area contributed by atoms with Gasteiger partial charge >= 0.3 is 5.97 Å². The summed E-state index contributed by atoms with van der Waals surface area (Å²) in [5.74, 6) is 3.34. The van der Waals surface area contributed by atoms with Gasteiger partial charge in [-0.15, -0.1) is 0 Å². The summed E-state index contributed by atoms with van der Waals surface area (Å²) in [6, 6.07) is 8.36. The van der Waals surface area contributed by atoms with Crippen LogP contribution in [0.3, 0.4) is 0 Å². The maximum Gasteiger partial charge on any atom is 0.305 e. The second kappa shape index (κ2) is 12.5. The minimum absolute atomic E-state index is 0.158. The number of amides is 2. The predicted octanol–water partition coefficient (Wildman–Crippen LogP) is 0.548. The van der Waals surface area contributed by atoms with Crippen molar-refractivity contribution >= 4 is 57.7 Å². The molecular formula is C22H26ClIN6O6. The number of carbonyl (C=O) groups is 3. The number of aromatic hydroxyl groups is 1. The number of nitrogens with one attached hydrogen (secondary N) is 4. The molecule has 1 saturated heterocycles. The number of carboxylic acid groups (broad SMARTS) is 1. The Kier molecular flexibility index (Phi) is 9.69. The van der Waals surface area contributed by atoms with Crippen molar-refractivity contribution in [1.29, 1.82) is 0 Å². The zero-order chi connectivity index (χ0) is 26.4. The molecule has 14 heteroatoms. The number of phenols is 1. The molecule has 194 valence electrons. The van der Waals surface area contributed by atoms with E-state index in [-0.39, 0.29) is 28.4 Å². The van der Waals surface area contributed by atoms with Crippen LogP contribution in [0, 0.1) is 3.57 Å². The van der Waals surface area contributed by atoms with Gasteiger partial charge in [0.1, 0.15) is 12.0 Å². The topological polar surface area (TPSA) is 189 Å². The first-order valence-electron chi connectivity index (χ1n) is 10.8. The molecule has 3 atom stereocenters. The fourth-order valence-corrected chi connectivity index (χ4v) is 4.65. The fraction of sp³-hybridized carbons (Fsp3) is 0.318. The van der Waals surface area contributed by atoms with Crippen LogP contribution in [0.1, 0.15) is 28.4 Å². The van der Waals surface area contributed by atoms with E-state index in [0.717, 1.165) is 0 Å². The number of hydrogen-bond donors (Lipinski definition) is 8. The van der Waals surface area contributed by atoms with E-state index in [1.54, 1.807) is 24.3 Å². The maximum atomic E-state index is 12.6. The second-order valence-electron chi connectivity index (χ2n) is 8.11. The molecule has 0 saturated carbocycles. The van der Waals surface area contributed by atoms with E-state index >= 15 is 0 Å². The Bertz CT molecular complexity index is 1140. The van der Waals surface area contributed by atoms with Gasteiger partial charge in [0.25, 0.3) is 5.91 Å². The minimum Gasteiger partial charge on any atom is -0.506 e. The zero-order valence-corrected chi connectivity index (χ0v) is 21.8. The maximum absolute atomic E-state index is 12.6. The number of phenolic OH excluding ortho intramolecular Hbond substituents is 1. The Hall–Kier alpha value is -2.69. The molecule has 1 aliphatic heterocycles. The molecule has 0 aromatic heterocycles. The fourth-order valence-electron chi connectivity index (χ4n) is 3.59. The van der Waals surface area contributed by atoms with Crippen LogP contribution < -0.4 is 27.1 Å². The molecule has 3 rings (SSSR count). The van der Waals surface area contributed by atoms with Crippen LogP contribution in [0.25, 0.3) is 0 Å². The number of nitrogens with two attached hydrogens (primary N) is 1. The van der Waals surface area contributed by atoms with Crippen LogP contribution in [0.5, 0.6) is 5.75 Å². The smallest absolute Gasteiger partial charge is 0.305 e. The van der Waals surface area contributed by atoms with Crippen molar-refractivity contribution in [2.24, 2.45) is 5.84 Å². The Labute approximate surface area is 225 Å². The summed E-state index contributed by atoms with van der Waals surface area (Å²) >= 11 is 7.88. The van der Waals surface area contributed by atoms with Crippen molar-refractivity contribution in [3.05, 3.63) is 56.1 Å². The Morgan fingerprint density at radius 2 is 2.03 bits per heavy atom. The molecule has 2 aromatic rings. The van der Waals surface area contributed by atoms with Gasteiger partial charge in [-0.1, -0.05) is 17.7 Å². The van der Waals surface area contributed by atoms with Gasteiger partial charge in [-0.2, -0.15) is 0 Å². The SMILES string of the molecule is NN1C[C@H](O)CNC1Nc1cccc(C(=O)NCC(=O)NC(CC(=O)O)c2cc(Cl)cc(I)c2O)c1. The summed E-state index contributed by atoms with van der Waals surface area (Å²) in [4.78, 5) is 36.5. The summed E-state index contributed by atoms with van der Waals surface area (Å²) in [5, 5.41) is 42.1. The first-order valence-corrected chi connectivity index (χ1v) is 12.3. The lowest BCUT2D eigenvalue weighted by Gasteiger charge is -2.36. The first kappa shape index (κ1) is 27.9. The number of halogens is 2. The molecule has 36 heavy (non-hydrogen) atoms. The molecule has 1 fully saturated rings. The van der Waals surface area contributed by atoms with E-state index in [1.165, 1.54) is 17.1 Å². The lowest BCUT2D eigenvalue weighted by Crippen LogP contribution is -2.63. The van der Waals surface area contributed by atoms with E-state index in [4.69, 9.17) is 17.4 Å². The number of hydrogen-bond acceptors (Lipinski definition) is 9. The van der Waals surface area contributed by atoms with E-state index in [0.29, 0.717) is 15.8 Å². The van der Waals surface area contributed by atoms with Crippen LogP contribution >= 0.6 is 34.2 Å². The highest BCUT2D eigenvalue weighted by Crippen LogP contribution is 2.34. The first-order chi connectivity index (χ1) is 17.0. The molecule has 2 amide bonds. The Morgan fingerprint density at radius 1 is 1.28 bits per heavy atom. The number of nitrogens with zero attached hydrogens (tertiary/aromatic N) is 1. The largest absolute Gasteiger partial charge is 0.506 e. The zero-order valence-electron chi connectivity index (χ0n) is 18.9. The number of aliphatic hydroxyl groups excluding tert-OH is 1. The van der Waals surface area contributed by atoms with Gasteiger partial charge < -0.3 is 31.3 Å². The highest BCUT2D eigenvalue weighted by molar-refractivity contribution is 14.1. The summed E-state index contributed by atoms with van der Waals surface area (Å²) in [6.45, 7) is 0.203. The van der Waals surface area contributed by atoms with Crippen LogP contribution in [0.15, 0.2) is 36.4 Å². The van der Waals surface area contributed by atoms with Gasteiger partial charge in [0.2, 0.25) is 5.91 Å². The van der Waals surface area contributed by atoms with Crippen molar-refractivity contribution in [3.8, 4) is 5.75 Å². The van der Waals surface area contributed by atoms with Gasteiger partial charge in [-0.3, -0.25) is 25.5 Å². The molecular weight excluding hydrogens is 607 g/mol. The number of hydrazine groups is 1. The average molecular weight is 633 g/mol. The molecule has 0 spiro atoms. The third-order valence-electron chi connectivity index (χ3n) is 5.28. The third-order valence-corrected chi connectivity index (χ3v) is 6.33. The highest BCUT2D eigenvalue weighted by Gasteiger charge is 2.25. The number of carboxylic acids is 1. The standard InChI is InChI=1S/C22H26ClIN6O6/c23-12-5-15(20(35)16(24)6-12)17(7-19(33)34)29-18(32)9-26-21(36)11-2-1-3-13(4-11)28-22-27-8-14(31)10-30(22)25/h1-6,14,17,22,27-28,31,35H,7-10,25H2,(H,26,36)(H,29,32)(H,33,34)/t14-,17?,22?/m1/s1. The molecule has 1 heterocycles. The van der Waals surface area contributed by atoms with Gasteiger partial charge in [0.05, 0.1) is 28.7 Å². The summed E-state index contributed by atoms with van der Waals surface area (Å²) in [7, 11) is 0. The van der Waals surface area contributed by atoms with E-state index in [2.05, 4.69) is 21.3 Å². The quantitative estimate of drug-likeness (QED) is 0.143. The van der Waals surface area contributed by atoms with E-state index in [9.17, 15) is 29.7 Å². The molecule has 0 aliphatic carbocycles. The number of benzene rings is 2. The van der Waals surface area contributed by atoms with Gasteiger partial charge in [-0.05, 0) is 52.9 Å².